The van der Waals surface area contributed by atoms with Crippen molar-refractivity contribution in [1.29, 1.82) is 0 Å². The molecule has 2 aromatic rings. The van der Waals surface area contributed by atoms with E-state index in [4.69, 9.17) is 0 Å². The van der Waals surface area contributed by atoms with Crippen LogP contribution in [0.4, 0.5) is 5.69 Å². The Balaban J connectivity index is 1.72. The van der Waals surface area contributed by atoms with E-state index in [0.29, 0.717) is 0 Å². The number of aryl methyl sites for hydroxylation is 1. The van der Waals surface area contributed by atoms with Gasteiger partial charge in [0, 0.05) is 18.0 Å². The van der Waals surface area contributed by atoms with Gasteiger partial charge in [0.05, 0.1) is 4.21 Å². The number of anilines is 1. The van der Waals surface area contributed by atoms with Gasteiger partial charge in [-0.15, -0.1) is 23.1 Å². The van der Waals surface area contributed by atoms with Crippen LogP contribution in [-0.4, -0.2) is 12.3 Å². The smallest absolute Gasteiger partial charge is 0.0599 e. The van der Waals surface area contributed by atoms with Crippen LogP contribution in [0.2, 0.25) is 0 Å². The van der Waals surface area contributed by atoms with Crippen LogP contribution in [0.1, 0.15) is 5.56 Å². The summed E-state index contributed by atoms with van der Waals surface area (Å²) >= 11 is 3.71. The molecular weight excluding hydrogens is 234 g/mol. The van der Waals surface area contributed by atoms with E-state index < -0.39 is 0 Å². The highest BCUT2D eigenvalue weighted by Crippen LogP contribution is 2.22. The molecule has 1 aromatic carbocycles. The van der Waals surface area contributed by atoms with E-state index in [9.17, 15) is 0 Å². The second kappa shape index (κ2) is 5.97. The maximum Gasteiger partial charge on any atom is 0.0599 e. The zero-order valence-corrected chi connectivity index (χ0v) is 10.9. The Morgan fingerprint density at radius 2 is 2.19 bits per heavy atom. The number of thioether (sulfide) groups is 1. The van der Waals surface area contributed by atoms with Crippen LogP contribution in [0.3, 0.4) is 0 Å². The van der Waals surface area contributed by atoms with Crippen LogP contribution in [0, 0.1) is 6.92 Å². The molecule has 84 valence electrons. The molecule has 0 radical (unpaired) electrons. The molecule has 0 saturated heterocycles. The van der Waals surface area contributed by atoms with Crippen molar-refractivity contribution in [3.63, 3.8) is 0 Å². The monoisotopic (exact) mass is 249 g/mol. The van der Waals surface area contributed by atoms with Crippen molar-refractivity contribution in [2.75, 3.05) is 17.6 Å². The van der Waals surface area contributed by atoms with Crippen LogP contribution >= 0.6 is 23.1 Å². The van der Waals surface area contributed by atoms with E-state index >= 15 is 0 Å². The van der Waals surface area contributed by atoms with Crippen molar-refractivity contribution in [2.45, 2.75) is 11.1 Å². The van der Waals surface area contributed by atoms with Gasteiger partial charge in [0.15, 0.2) is 0 Å². The van der Waals surface area contributed by atoms with Crippen molar-refractivity contribution >= 4 is 28.8 Å². The highest BCUT2D eigenvalue weighted by Gasteiger charge is 1.95. The predicted octanol–water partition coefficient (Wildman–Crippen LogP) is 4.26. The molecule has 0 bridgehead atoms. The Kier molecular flexibility index (Phi) is 4.31. The number of nitrogens with one attached hydrogen (secondary N) is 1. The molecule has 2 rings (SSSR count). The van der Waals surface area contributed by atoms with Crippen LogP contribution in [0.15, 0.2) is 46.0 Å². The van der Waals surface area contributed by atoms with Gasteiger partial charge in [-0.3, -0.25) is 0 Å². The molecule has 1 nitrogen and oxygen atoms in total. The van der Waals surface area contributed by atoms with E-state index in [0.717, 1.165) is 12.3 Å². The van der Waals surface area contributed by atoms with Gasteiger partial charge in [0.2, 0.25) is 0 Å². The van der Waals surface area contributed by atoms with Crippen molar-refractivity contribution < 1.29 is 0 Å². The molecule has 0 fully saturated rings. The first-order chi connectivity index (χ1) is 7.84. The topological polar surface area (TPSA) is 12.0 Å². The Morgan fingerprint density at radius 3 is 2.94 bits per heavy atom. The van der Waals surface area contributed by atoms with Gasteiger partial charge in [0.1, 0.15) is 0 Å². The molecule has 1 N–H and O–H groups in total. The van der Waals surface area contributed by atoms with Gasteiger partial charge in [-0.2, -0.15) is 0 Å². The summed E-state index contributed by atoms with van der Waals surface area (Å²) in [6, 6.07) is 12.8. The number of thiophene rings is 1. The van der Waals surface area contributed by atoms with Crippen molar-refractivity contribution in [2.24, 2.45) is 0 Å². The summed E-state index contributed by atoms with van der Waals surface area (Å²) in [5.41, 5.74) is 2.52. The molecule has 0 unspecified atom stereocenters. The third-order valence-electron chi connectivity index (χ3n) is 2.19. The molecule has 1 aromatic heterocycles. The van der Waals surface area contributed by atoms with Crippen LogP contribution < -0.4 is 5.32 Å². The molecule has 0 aliphatic carbocycles. The van der Waals surface area contributed by atoms with Gasteiger partial charge in [-0.05, 0) is 36.1 Å². The second-order valence-corrected chi connectivity index (χ2v) is 5.92. The first kappa shape index (κ1) is 11.6. The molecule has 0 aliphatic rings. The normalized spacial score (nSPS) is 10.3. The minimum atomic E-state index is 1.01. The summed E-state index contributed by atoms with van der Waals surface area (Å²) in [4.78, 5) is 0. The molecule has 0 amide bonds. The highest BCUT2D eigenvalue weighted by atomic mass is 32.2. The molecule has 0 atom stereocenters. The van der Waals surface area contributed by atoms with Gasteiger partial charge in [-0.25, -0.2) is 0 Å². The lowest BCUT2D eigenvalue weighted by Crippen LogP contribution is -2.03. The summed E-state index contributed by atoms with van der Waals surface area (Å²) in [5.74, 6) is 1.11. The second-order valence-electron chi connectivity index (χ2n) is 3.58. The maximum atomic E-state index is 3.43. The third-order valence-corrected chi connectivity index (χ3v) is 4.32. The quantitative estimate of drug-likeness (QED) is 0.627. The lowest BCUT2D eigenvalue weighted by atomic mass is 10.2. The van der Waals surface area contributed by atoms with E-state index in [2.05, 4.69) is 54.0 Å². The third kappa shape index (κ3) is 3.58. The molecular formula is C13H15NS2. The molecule has 1 heterocycles. The number of hydrogen-bond acceptors (Lipinski definition) is 3. The van der Waals surface area contributed by atoms with Crippen molar-refractivity contribution in [3.8, 4) is 0 Å². The van der Waals surface area contributed by atoms with Crippen molar-refractivity contribution in [3.05, 3.63) is 47.3 Å². The SMILES string of the molecule is Cc1cccc(NCCSc2cccs2)c1. The van der Waals surface area contributed by atoms with E-state index in [-0.39, 0.29) is 0 Å². The van der Waals surface area contributed by atoms with E-state index in [1.165, 1.54) is 15.5 Å². The summed E-state index contributed by atoms with van der Waals surface area (Å²) in [5, 5.41) is 5.55. The fraction of sp³-hybridized carbons (Fsp3) is 0.231. The van der Waals surface area contributed by atoms with Gasteiger partial charge < -0.3 is 5.32 Å². The number of benzene rings is 1. The predicted molar refractivity (Wildman–Crippen MR) is 74.7 cm³/mol. The van der Waals surface area contributed by atoms with Gasteiger partial charge in [-0.1, -0.05) is 18.2 Å². The molecule has 16 heavy (non-hydrogen) atoms. The van der Waals surface area contributed by atoms with E-state index in [1.54, 1.807) is 11.3 Å². The van der Waals surface area contributed by atoms with Crippen LogP contribution in [-0.2, 0) is 0 Å². The summed E-state index contributed by atoms with van der Waals surface area (Å²) in [6.07, 6.45) is 0. The molecule has 0 saturated carbocycles. The number of rotatable bonds is 5. The summed E-state index contributed by atoms with van der Waals surface area (Å²) in [6.45, 7) is 3.12. The highest BCUT2D eigenvalue weighted by molar-refractivity contribution is 8.01. The molecule has 0 aliphatic heterocycles. The van der Waals surface area contributed by atoms with Crippen molar-refractivity contribution in [1.82, 2.24) is 0 Å². The molecule has 0 spiro atoms. The first-order valence-electron chi connectivity index (χ1n) is 5.31. The zero-order chi connectivity index (χ0) is 11.2. The Hall–Kier alpha value is -0.930. The van der Waals surface area contributed by atoms with Crippen LogP contribution in [0.25, 0.3) is 0 Å². The minimum Gasteiger partial charge on any atom is -0.384 e. The minimum absolute atomic E-state index is 1.01. The van der Waals surface area contributed by atoms with E-state index in [1.807, 2.05) is 11.8 Å². The lowest BCUT2D eigenvalue weighted by Gasteiger charge is -2.06. The largest absolute Gasteiger partial charge is 0.384 e. The Bertz CT molecular complexity index is 423. The average molecular weight is 249 g/mol. The Morgan fingerprint density at radius 1 is 1.25 bits per heavy atom. The standard InChI is InChI=1S/C13H15NS2/c1-11-4-2-5-12(10-11)14-7-9-16-13-6-3-8-15-13/h2-6,8,10,14H,7,9H2,1H3. The lowest BCUT2D eigenvalue weighted by molar-refractivity contribution is 1.22. The van der Waals surface area contributed by atoms with Crippen LogP contribution in [0.5, 0.6) is 0 Å². The van der Waals surface area contributed by atoms with Gasteiger partial charge in [0.25, 0.3) is 0 Å². The fourth-order valence-electron chi connectivity index (χ4n) is 1.45. The summed E-state index contributed by atoms with van der Waals surface area (Å²) in [7, 11) is 0. The average Bonchev–Trinajstić information content (AvgIpc) is 2.77. The Labute approximate surface area is 105 Å². The zero-order valence-electron chi connectivity index (χ0n) is 9.27. The maximum absolute atomic E-state index is 3.43. The summed E-state index contributed by atoms with van der Waals surface area (Å²) < 4.78 is 1.39. The fourth-order valence-corrected chi connectivity index (χ4v) is 3.16. The first-order valence-corrected chi connectivity index (χ1v) is 7.18. The van der Waals surface area contributed by atoms with Gasteiger partial charge >= 0.3 is 0 Å². The number of hydrogen-bond donors (Lipinski definition) is 1. The molecule has 3 heteroatoms.